The molecular weight excluding hydrogens is 192 g/mol. The van der Waals surface area contributed by atoms with Crippen molar-refractivity contribution in [1.29, 1.82) is 0 Å². The number of aliphatic carboxylic acids is 1. The van der Waals surface area contributed by atoms with Gasteiger partial charge in [0.2, 0.25) is 0 Å². The van der Waals surface area contributed by atoms with Crippen LogP contribution in [-0.4, -0.2) is 60.6 Å². The predicted molar refractivity (Wildman–Crippen MR) is 59.9 cm³/mol. The van der Waals surface area contributed by atoms with Crippen molar-refractivity contribution in [3.63, 3.8) is 0 Å². The van der Waals surface area contributed by atoms with Crippen molar-refractivity contribution < 1.29 is 9.90 Å². The van der Waals surface area contributed by atoms with E-state index in [4.69, 9.17) is 5.11 Å². The summed E-state index contributed by atoms with van der Waals surface area (Å²) in [5, 5.41) is 8.93. The molecule has 1 N–H and O–H groups in total. The maximum absolute atomic E-state index is 10.8. The highest BCUT2D eigenvalue weighted by molar-refractivity contribution is 5.70. The van der Waals surface area contributed by atoms with Crippen LogP contribution >= 0.6 is 0 Å². The van der Waals surface area contributed by atoms with Gasteiger partial charge in [-0.15, -0.1) is 0 Å². The minimum absolute atomic E-state index is 0.129. The van der Waals surface area contributed by atoms with Gasteiger partial charge in [0, 0.05) is 19.1 Å². The van der Waals surface area contributed by atoms with E-state index in [0.29, 0.717) is 6.04 Å². The third-order valence-corrected chi connectivity index (χ3v) is 3.20. The molecular formula is C11H22N2O2. The van der Waals surface area contributed by atoms with Crippen LogP contribution in [0.4, 0.5) is 0 Å². The van der Waals surface area contributed by atoms with Crippen LogP contribution in [-0.2, 0) is 4.79 Å². The molecule has 2 unspecified atom stereocenters. The molecule has 1 rings (SSSR count). The van der Waals surface area contributed by atoms with Crippen LogP contribution in [0, 0.1) is 5.92 Å². The van der Waals surface area contributed by atoms with Gasteiger partial charge in [-0.25, -0.2) is 0 Å². The summed E-state index contributed by atoms with van der Waals surface area (Å²) in [7, 11) is 4.13. The van der Waals surface area contributed by atoms with Crippen LogP contribution in [0.5, 0.6) is 0 Å². The molecule has 0 radical (unpaired) electrons. The minimum Gasteiger partial charge on any atom is -0.481 e. The first-order valence-corrected chi connectivity index (χ1v) is 5.62. The monoisotopic (exact) mass is 214 g/mol. The molecule has 0 aromatic carbocycles. The van der Waals surface area contributed by atoms with Gasteiger partial charge >= 0.3 is 5.97 Å². The molecule has 0 saturated carbocycles. The standard InChI is InChI=1S/C11H22N2O2/c1-9-8-10(11(14)15)4-5-13(9)7-6-12(2)3/h9-10H,4-8H2,1-3H3,(H,14,15). The molecule has 1 heterocycles. The van der Waals surface area contributed by atoms with Crippen molar-refractivity contribution in [2.45, 2.75) is 25.8 Å². The summed E-state index contributed by atoms with van der Waals surface area (Å²) in [6.45, 7) is 5.14. The summed E-state index contributed by atoms with van der Waals surface area (Å²) >= 11 is 0. The van der Waals surface area contributed by atoms with Crippen molar-refractivity contribution in [1.82, 2.24) is 9.80 Å². The topological polar surface area (TPSA) is 43.8 Å². The van der Waals surface area contributed by atoms with Crippen molar-refractivity contribution in [2.24, 2.45) is 5.92 Å². The number of carboxylic acids is 1. The number of hydrogen-bond acceptors (Lipinski definition) is 3. The first kappa shape index (κ1) is 12.5. The lowest BCUT2D eigenvalue weighted by atomic mass is 9.92. The number of rotatable bonds is 4. The number of carbonyl (C=O) groups is 1. The zero-order valence-electron chi connectivity index (χ0n) is 9.94. The van der Waals surface area contributed by atoms with Crippen molar-refractivity contribution >= 4 is 5.97 Å². The van der Waals surface area contributed by atoms with Gasteiger partial charge in [0.15, 0.2) is 0 Å². The highest BCUT2D eigenvalue weighted by Gasteiger charge is 2.29. The van der Waals surface area contributed by atoms with E-state index >= 15 is 0 Å². The molecule has 4 heteroatoms. The Balaban J connectivity index is 2.35. The Hall–Kier alpha value is -0.610. The SMILES string of the molecule is CC1CC(C(=O)O)CCN1CCN(C)C. The maximum Gasteiger partial charge on any atom is 0.306 e. The summed E-state index contributed by atoms with van der Waals surface area (Å²) in [6, 6.07) is 0.403. The second kappa shape index (κ2) is 5.47. The summed E-state index contributed by atoms with van der Waals surface area (Å²) < 4.78 is 0. The first-order valence-electron chi connectivity index (χ1n) is 5.62. The van der Waals surface area contributed by atoms with E-state index in [9.17, 15) is 4.79 Å². The van der Waals surface area contributed by atoms with E-state index in [1.165, 1.54) is 0 Å². The largest absolute Gasteiger partial charge is 0.481 e. The smallest absolute Gasteiger partial charge is 0.306 e. The van der Waals surface area contributed by atoms with Crippen LogP contribution in [0.25, 0.3) is 0 Å². The lowest BCUT2D eigenvalue weighted by molar-refractivity contribution is -0.144. The van der Waals surface area contributed by atoms with Crippen LogP contribution in [0.15, 0.2) is 0 Å². The molecule has 1 fully saturated rings. The average molecular weight is 214 g/mol. The Labute approximate surface area is 91.9 Å². The quantitative estimate of drug-likeness (QED) is 0.749. The van der Waals surface area contributed by atoms with E-state index in [1.54, 1.807) is 0 Å². The molecule has 4 nitrogen and oxygen atoms in total. The summed E-state index contributed by atoms with van der Waals surface area (Å²) in [5.41, 5.74) is 0. The van der Waals surface area contributed by atoms with Gasteiger partial charge < -0.3 is 10.0 Å². The Morgan fingerprint density at radius 3 is 2.67 bits per heavy atom. The summed E-state index contributed by atoms with van der Waals surface area (Å²) in [4.78, 5) is 15.4. The predicted octanol–water partition coefficient (Wildman–Crippen LogP) is 0.733. The number of likely N-dealkylation sites (tertiary alicyclic amines) is 1. The van der Waals surface area contributed by atoms with Crippen LogP contribution in [0.3, 0.4) is 0 Å². The number of nitrogens with zero attached hydrogens (tertiary/aromatic N) is 2. The number of hydrogen-bond donors (Lipinski definition) is 1. The third kappa shape index (κ3) is 3.80. The molecule has 1 saturated heterocycles. The molecule has 15 heavy (non-hydrogen) atoms. The second-order valence-electron chi connectivity index (χ2n) is 4.75. The van der Waals surface area contributed by atoms with E-state index in [-0.39, 0.29) is 5.92 Å². The van der Waals surface area contributed by atoms with E-state index in [1.807, 2.05) is 0 Å². The van der Waals surface area contributed by atoms with Crippen molar-refractivity contribution in [3.8, 4) is 0 Å². The van der Waals surface area contributed by atoms with Gasteiger partial charge in [0.05, 0.1) is 5.92 Å². The molecule has 2 atom stereocenters. The van der Waals surface area contributed by atoms with Gasteiger partial charge in [0.1, 0.15) is 0 Å². The van der Waals surface area contributed by atoms with Gasteiger partial charge in [-0.05, 0) is 40.4 Å². The second-order valence-corrected chi connectivity index (χ2v) is 4.75. The van der Waals surface area contributed by atoms with Crippen molar-refractivity contribution in [2.75, 3.05) is 33.7 Å². The zero-order chi connectivity index (χ0) is 11.4. The fraction of sp³-hybridized carbons (Fsp3) is 0.909. The molecule has 0 spiro atoms. The molecule has 0 aliphatic carbocycles. The van der Waals surface area contributed by atoms with E-state index in [2.05, 4.69) is 30.8 Å². The van der Waals surface area contributed by atoms with Gasteiger partial charge in [-0.3, -0.25) is 9.69 Å². The highest BCUT2D eigenvalue weighted by atomic mass is 16.4. The van der Waals surface area contributed by atoms with Crippen LogP contribution in [0.1, 0.15) is 19.8 Å². The highest BCUT2D eigenvalue weighted by Crippen LogP contribution is 2.22. The molecule has 1 aliphatic heterocycles. The molecule has 0 bridgehead atoms. The van der Waals surface area contributed by atoms with Gasteiger partial charge in [0.25, 0.3) is 0 Å². The molecule has 88 valence electrons. The first-order chi connectivity index (χ1) is 7.00. The lowest BCUT2D eigenvalue weighted by Gasteiger charge is -2.36. The van der Waals surface area contributed by atoms with Crippen LogP contribution < -0.4 is 0 Å². The molecule has 0 aromatic heterocycles. The minimum atomic E-state index is -0.630. The fourth-order valence-corrected chi connectivity index (χ4v) is 2.11. The van der Waals surface area contributed by atoms with Crippen LogP contribution in [0.2, 0.25) is 0 Å². The Bertz CT molecular complexity index is 219. The summed E-state index contributed by atoms with van der Waals surface area (Å²) in [5.74, 6) is -0.760. The molecule has 0 aromatic rings. The Morgan fingerprint density at radius 2 is 2.20 bits per heavy atom. The third-order valence-electron chi connectivity index (χ3n) is 3.20. The van der Waals surface area contributed by atoms with Gasteiger partial charge in [-0.1, -0.05) is 0 Å². The van der Waals surface area contributed by atoms with Gasteiger partial charge in [-0.2, -0.15) is 0 Å². The normalized spacial score (nSPS) is 28.3. The maximum atomic E-state index is 10.8. The van der Waals surface area contributed by atoms with E-state index in [0.717, 1.165) is 32.5 Å². The lowest BCUT2D eigenvalue weighted by Crippen LogP contribution is -2.45. The number of likely N-dealkylation sites (N-methyl/N-ethyl adjacent to an activating group) is 1. The summed E-state index contributed by atoms with van der Waals surface area (Å²) in [6.07, 6.45) is 1.59. The molecule has 1 aliphatic rings. The Morgan fingerprint density at radius 1 is 1.53 bits per heavy atom. The molecule has 0 amide bonds. The van der Waals surface area contributed by atoms with Crippen molar-refractivity contribution in [3.05, 3.63) is 0 Å². The number of piperidine rings is 1. The zero-order valence-corrected chi connectivity index (χ0v) is 9.94. The van der Waals surface area contributed by atoms with E-state index < -0.39 is 5.97 Å². The Kier molecular flexibility index (Phi) is 4.54. The number of carboxylic acid groups (broad SMARTS) is 1. The fourth-order valence-electron chi connectivity index (χ4n) is 2.11. The average Bonchev–Trinajstić information content (AvgIpc) is 2.15.